The Balaban J connectivity index is 1.83. The lowest BCUT2D eigenvalue weighted by Crippen LogP contribution is -2.38. The molecule has 1 aromatic rings. The predicted octanol–water partition coefficient (Wildman–Crippen LogP) is -0.879. The van der Waals surface area contributed by atoms with Crippen molar-refractivity contribution in [1.82, 2.24) is 19.0 Å². The molecule has 124 valence electrons. The Bertz CT molecular complexity index is 574. The van der Waals surface area contributed by atoms with Crippen LogP contribution in [0.1, 0.15) is 0 Å². The van der Waals surface area contributed by atoms with E-state index in [9.17, 15) is 8.42 Å². The van der Waals surface area contributed by atoms with Gasteiger partial charge in [-0.25, -0.2) is 14.7 Å². The summed E-state index contributed by atoms with van der Waals surface area (Å²) in [7, 11) is -0.428. The largest absolute Gasteiger partial charge is 0.378 e. The summed E-state index contributed by atoms with van der Waals surface area (Å²) in [6.07, 6.45) is 1.50. The molecule has 0 aromatic carbocycles. The van der Waals surface area contributed by atoms with Gasteiger partial charge in [0.2, 0.25) is 0 Å². The molecule has 0 amide bonds. The molecule has 0 aliphatic carbocycles. The minimum Gasteiger partial charge on any atom is -0.378 e. The van der Waals surface area contributed by atoms with Crippen molar-refractivity contribution in [1.29, 1.82) is 0 Å². The smallest absolute Gasteiger partial charge is 0.278 e. The van der Waals surface area contributed by atoms with E-state index >= 15 is 0 Å². The van der Waals surface area contributed by atoms with Gasteiger partial charge in [0.05, 0.1) is 13.2 Å². The summed E-state index contributed by atoms with van der Waals surface area (Å²) in [5, 5.41) is 3.08. The molecule has 0 spiro atoms. The van der Waals surface area contributed by atoms with Gasteiger partial charge in [-0.2, -0.15) is 12.7 Å². The molecule has 1 fully saturated rings. The van der Waals surface area contributed by atoms with E-state index in [1.165, 1.54) is 20.4 Å². The van der Waals surface area contributed by atoms with Gasteiger partial charge in [-0.3, -0.25) is 0 Å². The lowest BCUT2D eigenvalue weighted by molar-refractivity contribution is 0.122. The van der Waals surface area contributed by atoms with Crippen molar-refractivity contribution in [2.75, 3.05) is 63.7 Å². The van der Waals surface area contributed by atoms with Gasteiger partial charge in [0.25, 0.3) is 10.2 Å². The van der Waals surface area contributed by atoms with Crippen LogP contribution in [0.3, 0.4) is 0 Å². The van der Waals surface area contributed by atoms with Crippen LogP contribution in [0.4, 0.5) is 11.6 Å². The van der Waals surface area contributed by atoms with Gasteiger partial charge in [0.1, 0.15) is 18.0 Å². The zero-order valence-electron chi connectivity index (χ0n) is 12.8. The summed E-state index contributed by atoms with van der Waals surface area (Å²) in [5.74, 6) is 1.51. The molecule has 9 nitrogen and oxygen atoms in total. The molecule has 22 heavy (non-hydrogen) atoms. The lowest BCUT2D eigenvalue weighted by Gasteiger charge is -2.27. The van der Waals surface area contributed by atoms with Crippen LogP contribution >= 0.6 is 0 Å². The van der Waals surface area contributed by atoms with Crippen molar-refractivity contribution < 1.29 is 13.2 Å². The molecule has 1 aliphatic heterocycles. The highest BCUT2D eigenvalue weighted by Gasteiger charge is 2.13. The minimum atomic E-state index is -3.39. The maximum Gasteiger partial charge on any atom is 0.278 e. The molecule has 1 aliphatic rings. The van der Waals surface area contributed by atoms with Crippen LogP contribution in [-0.2, 0) is 14.9 Å². The maximum absolute atomic E-state index is 11.5. The molecule has 0 unspecified atom stereocenters. The Morgan fingerprint density at radius 3 is 2.68 bits per heavy atom. The SMILES string of the molecule is CN(C)S(=O)(=O)NCCNc1cc(N2CCOCC2)ncn1. The highest BCUT2D eigenvalue weighted by atomic mass is 32.2. The molecule has 2 N–H and O–H groups in total. The third-order valence-electron chi connectivity index (χ3n) is 3.18. The molecule has 2 heterocycles. The highest BCUT2D eigenvalue weighted by molar-refractivity contribution is 7.87. The van der Waals surface area contributed by atoms with Gasteiger partial charge < -0.3 is 15.0 Å². The van der Waals surface area contributed by atoms with Crippen molar-refractivity contribution in [2.45, 2.75) is 0 Å². The summed E-state index contributed by atoms with van der Waals surface area (Å²) >= 11 is 0. The Hall–Kier alpha value is -1.49. The van der Waals surface area contributed by atoms with Crippen molar-refractivity contribution in [3.8, 4) is 0 Å². The number of aromatic nitrogens is 2. The number of hydrogen-bond acceptors (Lipinski definition) is 7. The van der Waals surface area contributed by atoms with Crippen LogP contribution < -0.4 is 14.9 Å². The maximum atomic E-state index is 11.5. The average molecular weight is 330 g/mol. The summed E-state index contributed by atoms with van der Waals surface area (Å²) < 4.78 is 32.0. The van der Waals surface area contributed by atoms with Gasteiger partial charge in [-0.15, -0.1) is 0 Å². The third-order valence-corrected chi connectivity index (χ3v) is 4.71. The van der Waals surface area contributed by atoms with Crippen molar-refractivity contribution >= 4 is 21.8 Å². The second-order valence-corrected chi connectivity index (χ2v) is 6.94. The number of morpholine rings is 1. The standard InChI is InChI=1S/C12H22N6O3S/c1-17(2)22(19,20)16-4-3-13-11-9-12(15-10-14-11)18-5-7-21-8-6-18/h9-10,16H,3-8H2,1-2H3,(H,13,14,15). The first kappa shape index (κ1) is 16.9. The normalized spacial score (nSPS) is 16.0. The van der Waals surface area contributed by atoms with E-state index in [4.69, 9.17) is 4.74 Å². The lowest BCUT2D eigenvalue weighted by atomic mass is 10.4. The molecule has 0 saturated carbocycles. The number of anilines is 2. The van der Waals surface area contributed by atoms with Crippen LogP contribution in [0.2, 0.25) is 0 Å². The summed E-state index contributed by atoms with van der Waals surface area (Å²) in [6, 6.07) is 1.85. The number of ether oxygens (including phenoxy) is 1. The number of nitrogens with zero attached hydrogens (tertiary/aromatic N) is 4. The predicted molar refractivity (Wildman–Crippen MR) is 84.2 cm³/mol. The van der Waals surface area contributed by atoms with E-state index in [1.807, 2.05) is 6.07 Å². The molecule has 0 bridgehead atoms. The van der Waals surface area contributed by atoms with Crippen molar-refractivity contribution in [3.05, 3.63) is 12.4 Å². The third kappa shape index (κ3) is 4.77. The molecular weight excluding hydrogens is 308 g/mol. The molecule has 2 rings (SSSR count). The van der Waals surface area contributed by atoms with Crippen LogP contribution in [0.5, 0.6) is 0 Å². The fourth-order valence-corrected chi connectivity index (χ4v) is 2.53. The van der Waals surface area contributed by atoms with Gasteiger partial charge in [0.15, 0.2) is 0 Å². The van der Waals surface area contributed by atoms with E-state index in [0.29, 0.717) is 25.6 Å². The number of nitrogens with one attached hydrogen (secondary N) is 2. The van der Waals surface area contributed by atoms with Crippen molar-refractivity contribution in [3.63, 3.8) is 0 Å². The van der Waals surface area contributed by atoms with E-state index in [1.54, 1.807) is 0 Å². The second kappa shape index (κ2) is 7.68. The number of rotatable bonds is 7. The minimum absolute atomic E-state index is 0.275. The first-order valence-electron chi connectivity index (χ1n) is 7.05. The summed E-state index contributed by atoms with van der Waals surface area (Å²) in [6.45, 7) is 3.71. The molecule has 0 radical (unpaired) electrons. The fourth-order valence-electron chi connectivity index (χ4n) is 1.91. The Kier molecular flexibility index (Phi) is 5.89. The molecule has 1 saturated heterocycles. The van der Waals surface area contributed by atoms with E-state index < -0.39 is 10.2 Å². The first-order chi connectivity index (χ1) is 10.5. The van der Waals surface area contributed by atoms with Gasteiger partial charge in [-0.05, 0) is 0 Å². The Labute approximate surface area is 130 Å². The topological polar surface area (TPSA) is 99.7 Å². The van der Waals surface area contributed by atoms with E-state index in [-0.39, 0.29) is 6.54 Å². The Morgan fingerprint density at radius 2 is 2.00 bits per heavy atom. The second-order valence-electron chi connectivity index (χ2n) is 4.97. The van der Waals surface area contributed by atoms with Gasteiger partial charge in [-0.1, -0.05) is 0 Å². The van der Waals surface area contributed by atoms with Crippen LogP contribution in [0, 0.1) is 0 Å². The first-order valence-corrected chi connectivity index (χ1v) is 8.49. The van der Waals surface area contributed by atoms with Crippen LogP contribution in [0.25, 0.3) is 0 Å². The molecular formula is C12H22N6O3S. The van der Waals surface area contributed by atoms with E-state index in [2.05, 4.69) is 24.9 Å². The molecule has 0 atom stereocenters. The Morgan fingerprint density at radius 1 is 1.27 bits per heavy atom. The highest BCUT2D eigenvalue weighted by Crippen LogP contribution is 2.15. The van der Waals surface area contributed by atoms with Crippen molar-refractivity contribution in [2.24, 2.45) is 0 Å². The average Bonchev–Trinajstić information content (AvgIpc) is 2.53. The van der Waals surface area contributed by atoms with Gasteiger partial charge >= 0.3 is 0 Å². The fraction of sp³-hybridized carbons (Fsp3) is 0.667. The molecule has 10 heteroatoms. The zero-order chi connectivity index (χ0) is 16.0. The number of hydrogen-bond donors (Lipinski definition) is 2. The zero-order valence-corrected chi connectivity index (χ0v) is 13.6. The van der Waals surface area contributed by atoms with Crippen LogP contribution in [0.15, 0.2) is 12.4 Å². The quantitative estimate of drug-likeness (QED) is 0.626. The molecule has 1 aromatic heterocycles. The summed E-state index contributed by atoms with van der Waals surface area (Å²) in [4.78, 5) is 10.5. The van der Waals surface area contributed by atoms with Crippen LogP contribution in [-0.4, -0.2) is 76.2 Å². The van der Waals surface area contributed by atoms with Gasteiger partial charge in [0, 0.05) is 46.3 Å². The van der Waals surface area contributed by atoms with E-state index in [0.717, 1.165) is 23.2 Å². The monoisotopic (exact) mass is 330 g/mol. The summed E-state index contributed by atoms with van der Waals surface area (Å²) in [5.41, 5.74) is 0.